The number of fused-ring (bicyclic) bond motifs is 1. The molecule has 3 rings (SSSR count). The Balaban J connectivity index is 1.78. The van der Waals surface area contributed by atoms with E-state index in [1.165, 1.54) is 31.0 Å². The molecule has 1 aromatic heterocycles. The zero-order chi connectivity index (χ0) is 22.4. The van der Waals surface area contributed by atoms with E-state index >= 15 is 0 Å². The van der Waals surface area contributed by atoms with Gasteiger partial charge in [-0.15, -0.1) is 0 Å². The summed E-state index contributed by atoms with van der Waals surface area (Å²) in [6, 6.07) is 8.52. The lowest BCUT2D eigenvalue weighted by atomic mass is 9.95. The van der Waals surface area contributed by atoms with E-state index in [1.54, 1.807) is 4.57 Å². The highest BCUT2D eigenvalue weighted by molar-refractivity contribution is 7.99. The van der Waals surface area contributed by atoms with Gasteiger partial charge in [-0.3, -0.25) is 19.1 Å². The fraction of sp³-hybridized carbons (Fsp3) is 0.625. The van der Waals surface area contributed by atoms with E-state index in [0.717, 1.165) is 19.4 Å². The second-order valence-corrected chi connectivity index (χ2v) is 9.93. The third-order valence-electron chi connectivity index (χ3n) is 6.04. The van der Waals surface area contributed by atoms with Gasteiger partial charge in [0.25, 0.3) is 5.56 Å². The maximum atomic E-state index is 13.3. The standard InChI is InChI=1S/C24H36N4O2S/c1-17(2)27(18(3)4)14-15-28-23(30)20-12-8-9-13-21(20)26-24(28)31-16-22(29)25-19-10-6-5-7-11-19/h8-9,12-13,17-19H,5-7,10-11,14-16H2,1-4H3,(H,25,29). The number of carbonyl (C=O) groups is 1. The molecule has 2 aromatic rings. The number of nitrogens with one attached hydrogen (secondary N) is 1. The second kappa shape index (κ2) is 11.1. The van der Waals surface area contributed by atoms with Crippen molar-refractivity contribution in [3.8, 4) is 0 Å². The summed E-state index contributed by atoms with van der Waals surface area (Å²) >= 11 is 1.36. The Morgan fingerprint density at radius 3 is 2.52 bits per heavy atom. The van der Waals surface area contributed by atoms with Crippen LogP contribution in [0.15, 0.2) is 34.2 Å². The second-order valence-electron chi connectivity index (χ2n) is 8.98. The van der Waals surface area contributed by atoms with Crippen LogP contribution in [0.3, 0.4) is 0 Å². The van der Waals surface area contributed by atoms with E-state index in [9.17, 15) is 9.59 Å². The molecule has 0 unspecified atom stereocenters. The smallest absolute Gasteiger partial charge is 0.262 e. The Morgan fingerprint density at radius 1 is 1.16 bits per heavy atom. The SMILES string of the molecule is CC(C)N(CCn1c(SCC(=O)NC2CCCCC2)nc2ccccc2c1=O)C(C)C. The van der Waals surface area contributed by atoms with Crippen LogP contribution < -0.4 is 10.9 Å². The van der Waals surface area contributed by atoms with Gasteiger partial charge in [-0.05, 0) is 52.7 Å². The van der Waals surface area contributed by atoms with Crippen LogP contribution in [0.5, 0.6) is 0 Å². The van der Waals surface area contributed by atoms with Crippen molar-refractivity contribution in [3.05, 3.63) is 34.6 Å². The lowest BCUT2D eigenvalue weighted by Crippen LogP contribution is -2.40. The van der Waals surface area contributed by atoms with Crippen LogP contribution in [0.4, 0.5) is 0 Å². The molecule has 0 atom stereocenters. The molecule has 0 bridgehead atoms. The summed E-state index contributed by atoms with van der Waals surface area (Å²) in [6.45, 7) is 10.0. The fourth-order valence-corrected chi connectivity index (χ4v) is 5.27. The highest BCUT2D eigenvalue weighted by atomic mass is 32.2. The maximum Gasteiger partial charge on any atom is 0.262 e. The van der Waals surface area contributed by atoms with Crippen molar-refractivity contribution in [1.29, 1.82) is 0 Å². The van der Waals surface area contributed by atoms with E-state index in [1.807, 2.05) is 24.3 Å². The topological polar surface area (TPSA) is 67.2 Å². The predicted octanol–water partition coefficient (Wildman–Crippen LogP) is 4.06. The normalized spacial score (nSPS) is 15.3. The molecule has 1 N–H and O–H groups in total. The molecule has 0 radical (unpaired) electrons. The molecule has 1 heterocycles. The van der Waals surface area contributed by atoms with E-state index in [-0.39, 0.29) is 17.2 Å². The number of amides is 1. The number of rotatable bonds is 9. The molecule has 0 aliphatic heterocycles. The molecular weight excluding hydrogens is 408 g/mol. The average Bonchev–Trinajstić information content (AvgIpc) is 2.74. The van der Waals surface area contributed by atoms with Crippen molar-refractivity contribution in [2.24, 2.45) is 0 Å². The molecule has 7 heteroatoms. The van der Waals surface area contributed by atoms with Gasteiger partial charge in [0, 0.05) is 31.2 Å². The molecule has 1 amide bonds. The average molecular weight is 445 g/mol. The molecule has 31 heavy (non-hydrogen) atoms. The largest absolute Gasteiger partial charge is 0.353 e. The van der Waals surface area contributed by atoms with Crippen LogP contribution in [0.25, 0.3) is 10.9 Å². The third-order valence-corrected chi connectivity index (χ3v) is 7.01. The molecule has 1 aromatic carbocycles. The fourth-order valence-electron chi connectivity index (χ4n) is 4.43. The van der Waals surface area contributed by atoms with Crippen molar-refractivity contribution < 1.29 is 4.79 Å². The first-order valence-electron chi connectivity index (χ1n) is 11.5. The number of nitrogens with zero attached hydrogens (tertiary/aromatic N) is 3. The lowest BCUT2D eigenvalue weighted by molar-refractivity contribution is -0.119. The van der Waals surface area contributed by atoms with Crippen LogP contribution in [-0.2, 0) is 11.3 Å². The van der Waals surface area contributed by atoms with Crippen molar-refractivity contribution in [2.75, 3.05) is 12.3 Å². The molecule has 0 spiro atoms. The first-order chi connectivity index (χ1) is 14.9. The number of aromatic nitrogens is 2. The molecule has 1 aliphatic carbocycles. The molecular formula is C24H36N4O2S. The minimum atomic E-state index is -0.0340. The Kier molecular flexibility index (Phi) is 8.55. The van der Waals surface area contributed by atoms with Gasteiger partial charge in [0.05, 0.1) is 16.7 Å². The van der Waals surface area contributed by atoms with E-state index in [2.05, 4.69) is 37.9 Å². The van der Waals surface area contributed by atoms with Gasteiger partial charge in [-0.2, -0.15) is 0 Å². The summed E-state index contributed by atoms with van der Waals surface area (Å²) in [5, 5.41) is 4.40. The highest BCUT2D eigenvalue weighted by Gasteiger charge is 2.19. The van der Waals surface area contributed by atoms with Gasteiger partial charge in [-0.1, -0.05) is 43.2 Å². The van der Waals surface area contributed by atoms with Gasteiger partial charge < -0.3 is 5.32 Å². The first kappa shape index (κ1) is 23.8. The van der Waals surface area contributed by atoms with Gasteiger partial charge in [0.15, 0.2) is 5.16 Å². The van der Waals surface area contributed by atoms with Crippen LogP contribution in [-0.4, -0.2) is 50.8 Å². The molecule has 1 saturated carbocycles. The van der Waals surface area contributed by atoms with E-state index in [4.69, 9.17) is 4.98 Å². The first-order valence-corrected chi connectivity index (χ1v) is 12.5. The summed E-state index contributed by atoms with van der Waals surface area (Å²) in [7, 11) is 0. The molecule has 1 fully saturated rings. The van der Waals surface area contributed by atoms with Gasteiger partial charge >= 0.3 is 0 Å². The van der Waals surface area contributed by atoms with Crippen LogP contribution in [0.2, 0.25) is 0 Å². The predicted molar refractivity (Wildman–Crippen MR) is 129 cm³/mol. The summed E-state index contributed by atoms with van der Waals surface area (Å²) in [4.78, 5) is 32.9. The Labute approximate surface area is 189 Å². The lowest BCUT2D eigenvalue weighted by Gasteiger charge is -2.30. The number of hydrogen-bond acceptors (Lipinski definition) is 5. The minimum Gasteiger partial charge on any atom is -0.353 e. The van der Waals surface area contributed by atoms with Crippen molar-refractivity contribution >= 4 is 28.6 Å². The van der Waals surface area contributed by atoms with Crippen molar-refractivity contribution in [2.45, 2.75) is 89.6 Å². The zero-order valence-electron chi connectivity index (χ0n) is 19.3. The Bertz CT molecular complexity index is 927. The number of benzene rings is 1. The third kappa shape index (κ3) is 6.32. The quantitative estimate of drug-likeness (QED) is 0.467. The Morgan fingerprint density at radius 2 is 1.84 bits per heavy atom. The van der Waals surface area contributed by atoms with Crippen LogP contribution >= 0.6 is 11.8 Å². The molecule has 1 aliphatic rings. The summed E-state index contributed by atoms with van der Waals surface area (Å²) in [5.74, 6) is 0.302. The van der Waals surface area contributed by atoms with Crippen LogP contribution in [0.1, 0.15) is 59.8 Å². The summed E-state index contributed by atoms with van der Waals surface area (Å²) in [5.41, 5.74) is 0.650. The zero-order valence-corrected chi connectivity index (χ0v) is 20.1. The number of para-hydroxylation sites is 1. The number of carbonyl (C=O) groups excluding carboxylic acids is 1. The highest BCUT2D eigenvalue weighted by Crippen LogP contribution is 2.20. The molecule has 0 saturated heterocycles. The van der Waals surface area contributed by atoms with E-state index in [0.29, 0.717) is 40.7 Å². The monoisotopic (exact) mass is 444 g/mol. The molecule has 6 nitrogen and oxygen atoms in total. The van der Waals surface area contributed by atoms with Crippen LogP contribution in [0, 0.1) is 0 Å². The van der Waals surface area contributed by atoms with E-state index < -0.39 is 0 Å². The number of hydrogen-bond donors (Lipinski definition) is 1. The maximum absolute atomic E-state index is 13.3. The molecule has 170 valence electrons. The summed E-state index contributed by atoms with van der Waals surface area (Å²) in [6.07, 6.45) is 5.77. The Hall–Kier alpha value is -1.86. The van der Waals surface area contributed by atoms with Gasteiger partial charge in [0.2, 0.25) is 5.91 Å². The van der Waals surface area contributed by atoms with Gasteiger partial charge in [-0.25, -0.2) is 4.98 Å². The van der Waals surface area contributed by atoms with Crippen molar-refractivity contribution in [3.63, 3.8) is 0 Å². The summed E-state index contributed by atoms with van der Waals surface area (Å²) < 4.78 is 1.75. The van der Waals surface area contributed by atoms with Gasteiger partial charge in [0.1, 0.15) is 0 Å². The number of thioether (sulfide) groups is 1. The minimum absolute atomic E-state index is 0.0249. The van der Waals surface area contributed by atoms with Crippen molar-refractivity contribution in [1.82, 2.24) is 19.8 Å².